The quantitative estimate of drug-likeness (QED) is 0.218. The number of hydrogen-bond donors (Lipinski definition) is 1. The highest BCUT2D eigenvalue weighted by Crippen LogP contribution is 2.60. The summed E-state index contributed by atoms with van der Waals surface area (Å²) < 4.78 is 0.720. The fourth-order valence-corrected chi connectivity index (χ4v) is 7.11. The second kappa shape index (κ2) is 12.4. The first-order valence-electron chi connectivity index (χ1n) is 13.5. The lowest BCUT2D eigenvalue weighted by molar-refractivity contribution is -0.963. The normalized spacial score (nSPS) is 30.8. The second-order valence-electron chi connectivity index (χ2n) is 11.9. The van der Waals surface area contributed by atoms with Gasteiger partial charge in [-0.2, -0.15) is 0 Å². The number of quaternary nitrogens is 1. The van der Waals surface area contributed by atoms with Gasteiger partial charge < -0.3 is 17.0 Å². The van der Waals surface area contributed by atoms with Gasteiger partial charge in [0.2, 0.25) is 0 Å². The third-order valence-electron chi connectivity index (χ3n) is 8.99. The number of halogens is 1. The van der Waals surface area contributed by atoms with E-state index >= 15 is 0 Å². The molecule has 1 unspecified atom stereocenters. The first-order valence-corrected chi connectivity index (χ1v) is 13.5. The van der Waals surface area contributed by atoms with E-state index in [0.717, 1.165) is 28.9 Å². The standard InChI is InChI=1S/C27H50N2O.BrH/c1-5-6-7-8-9-10-11-12-13-14-15-29(4,22(2)3)28-26(30)27-19-23-16-24(20-27)18-25(17-23)21-27;/h22-25H,5-21H2,1-4H3;1H. The Balaban J connectivity index is 0.00000341. The van der Waals surface area contributed by atoms with Crippen molar-refractivity contribution in [2.45, 2.75) is 130 Å². The average molecular weight is 500 g/mol. The molecule has 0 aliphatic heterocycles. The van der Waals surface area contributed by atoms with Crippen molar-refractivity contribution in [3.8, 4) is 0 Å². The van der Waals surface area contributed by atoms with Crippen molar-refractivity contribution in [1.82, 2.24) is 5.43 Å². The molecule has 0 saturated heterocycles. The van der Waals surface area contributed by atoms with Gasteiger partial charge in [0.15, 0.2) is 0 Å². The van der Waals surface area contributed by atoms with Crippen LogP contribution < -0.4 is 22.4 Å². The smallest absolute Gasteiger partial charge is 0.271 e. The van der Waals surface area contributed by atoms with Crippen molar-refractivity contribution in [1.29, 1.82) is 0 Å². The summed E-state index contributed by atoms with van der Waals surface area (Å²) in [5.41, 5.74) is 3.55. The number of unbranched alkanes of at least 4 members (excludes halogenated alkanes) is 9. The Hall–Kier alpha value is -0.0900. The minimum absolute atomic E-state index is 0. The topological polar surface area (TPSA) is 29.1 Å². The van der Waals surface area contributed by atoms with Gasteiger partial charge in [-0.05, 0) is 83.0 Å². The van der Waals surface area contributed by atoms with E-state index in [1.54, 1.807) is 0 Å². The Labute approximate surface area is 203 Å². The third-order valence-corrected chi connectivity index (χ3v) is 8.99. The lowest BCUT2D eigenvalue weighted by Crippen LogP contribution is -3.00. The molecule has 0 aromatic heterocycles. The monoisotopic (exact) mass is 498 g/mol. The van der Waals surface area contributed by atoms with E-state index in [4.69, 9.17) is 0 Å². The highest BCUT2D eigenvalue weighted by Gasteiger charge is 2.55. The highest BCUT2D eigenvalue weighted by molar-refractivity contribution is 5.82. The van der Waals surface area contributed by atoms with Crippen LogP contribution in [-0.4, -0.2) is 30.1 Å². The molecule has 4 bridgehead atoms. The molecule has 4 heteroatoms. The Bertz CT molecular complexity index is 514. The van der Waals surface area contributed by atoms with Crippen LogP contribution in [0.25, 0.3) is 0 Å². The minimum Gasteiger partial charge on any atom is -1.00 e. The SMILES string of the molecule is CCCCCCCCCCCC[N+](C)(NC(=O)C12CC3CC(CC(C3)C1)C2)C(C)C.[Br-]. The van der Waals surface area contributed by atoms with Gasteiger partial charge in [0, 0.05) is 0 Å². The Morgan fingerprint density at radius 2 is 1.26 bits per heavy atom. The molecule has 4 rings (SSSR count). The number of carbonyl (C=O) groups excluding carboxylic acids is 1. The molecular weight excluding hydrogens is 448 g/mol. The maximum absolute atomic E-state index is 13.6. The number of nitrogens with one attached hydrogen (secondary N) is 1. The third kappa shape index (κ3) is 7.19. The van der Waals surface area contributed by atoms with Gasteiger partial charge in [-0.15, -0.1) is 0 Å². The van der Waals surface area contributed by atoms with Crippen LogP contribution in [0.15, 0.2) is 0 Å². The summed E-state index contributed by atoms with van der Waals surface area (Å²) in [5.74, 6) is 2.90. The van der Waals surface area contributed by atoms with Crippen LogP contribution in [0.5, 0.6) is 0 Å². The molecule has 4 fully saturated rings. The van der Waals surface area contributed by atoms with Crippen molar-refractivity contribution in [2.24, 2.45) is 23.2 Å². The van der Waals surface area contributed by atoms with Crippen LogP contribution in [0.4, 0.5) is 0 Å². The molecule has 4 saturated carbocycles. The van der Waals surface area contributed by atoms with Crippen LogP contribution in [0.1, 0.15) is 124 Å². The predicted molar refractivity (Wildman–Crippen MR) is 127 cm³/mol. The molecule has 3 nitrogen and oxygen atoms in total. The molecule has 1 atom stereocenters. The Morgan fingerprint density at radius 3 is 1.68 bits per heavy atom. The van der Waals surface area contributed by atoms with Crippen LogP contribution in [-0.2, 0) is 4.79 Å². The zero-order valence-electron chi connectivity index (χ0n) is 21.1. The fraction of sp³-hybridized carbons (Fsp3) is 0.963. The lowest BCUT2D eigenvalue weighted by Gasteiger charge is -2.56. The van der Waals surface area contributed by atoms with Gasteiger partial charge in [-0.25, -0.2) is 10.0 Å². The molecule has 1 N–H and O–H groups in total. The predicted octanol–water partition coefficient (Wildman–Crippen LogP) is 4.01. The van der Waals surface area contributed by atoms with E-state index in [1.807, 2.05) is 0 Å². The summed E-state index contributed by atoms with van der Waals surface area (Å²) in [7, 11) is 2.26. The molecule has 0 radical (unpaired) electrons. The van der Waals surface area contributed by atoms with E-state index in [9.17, 15) is 4.79 Å². The lowest BCUT2D eigenvalue weighted by atomic mass is 9.49. The number of amides is 1. The minimum atomic E-state index is -0.0269. The van der Waals surface area contributed by atoms with Crippen molar-refractivity contribution < 1.29 is 26.4 Å². The van der Waals surface area contributed by atoms with Gasteiger partial charge in [-0.3, -0.25) is 4.79 Å². The van der Waals surface area contributed by atoms with Crippen LogP contribution in [0.3, 0.4) is 0 Å². The maximum atomic E-state index is 13.6. The van der Waals surface area contributed by atoms with Gasteiger partial charge in [0.25, 0.3) is 5.91 Å². The van der Waals surface area contributed by atoms with Crippen molar-refractivity contribution in [3.05, 3.63) is 0 Å². The van der Waals surface area contributed by atoms with E-state index in [-0.39, 0.29) is 22.4 Å². The molecular formula is C27H51BrN2O. The molecule has 31 heavy (non-hydrogen) atoms. The summed E-state index contributed by atoms with van der Waals surface area (Å²) in [4.78, 5) is 13.6. The number of hydrogen-bond acceptors (Lipinski definition) is 1. The van der Waals surface area contributed by atoms with Crippen molar-refractivity contribution >= 4 is 5.91 Å². The van der Waals surface area contributed by atoms with Crippen LogP contribution in [0.2, 0.25) is 0 Å². The van der Waals surface area contributed by atoms with Crippen molar-refractivity contribution in [2.75, 3.05) is 13.6 Å². The Kier molecular flexibility index (Phi) is 10.9. The molecule has 0 heterocycles. The molecule has 0 aromatic carbocycles. The molecule has 0 spiro atoms. The van der Waals surface area contributed by atoms with Gasteiger partial charge in [-0.1, -0.05) is 58.3 Å². The summed E-state index contributed by atoms with van der Waals surface area (Å²) in [6.07, 6.45) is 21.4. The fourth-order valence-electron chi connectivity index (χ4n) is 7.11. The maximum Gasteiger partial charge on any atom is 0.271 e. The molecule has 4 aliphatic rings. The summed E-state index contributed by atoms with van der Waals surface area (Å²) >= 11 is 0. The summed E-state index contributed by atoms with van der Waals surface area (Å²) in [6, 6.07) is 0.432. The summed E-state index contributed by atoms with van der Waals surface area (Å²) in [6.45, 7) is 7.91. The summed E-state index contributed by atoms with van der Waals surface area (Å²) in [5, 5.41) is 0. The molecule has 0 aromatic rings. The highest BCUT2D eigenvalue weighted by atomic mass is 79.9. The van der Waals surface area contributed by atoms with Gasteiger partial charge in [0.1, 0.15) is 12.6 Å². The number of rotatable bonds is 14. The zero-order chi connectivity index (χ0) is 21.6. The number of carbonyl (C=O) groups is 1. The van der Waals surface area contributed by atoms with E-state index in [2.05, 4.69) is 33.2 Å². The average Bonchev–Trinajstić information content (AvgIpc) is 2.68. The van der Waals surface area contributed by atoms with E-state index < -0.39 is 0 Å². The van der Waals surface area contributed by atoms with E-state index in [1.165, 1.54) is 103 Å². The molecule has 1 amide bonds. The number of nitrogens with zero attached hydrogens (tertiary/aromatic N) is 1. The van der Waals surface area contributed by atoms with E-state index in [0.29, 0.717) is 11.9 Å². The van der Waals surface area contributed by atoms with Crippen molar-refractivity contribution in [3.63, 3.8) is 0 Å². The van der Waals surface area contributed by atoms with Gasteiger partial charge in [0.05, 0.1) is 12.5 Å². The molecule has 182 valence electrons. The van der Waals surface area contributed by atoms with Gasteiger partial charge >= 0.3 is 0 Å². The first kappa shape index (κ1) is 27.2. The second-order valence-corrected chi connectivity index (χ2v) is 11.9. The largest absolute Gasteiger partial charge is 1.00 e. The molecule has 4 aliphatic carbocycles. The van der Waals surface area contributed by atoms with Crippen LogP contribution in [0, 0.1) is 23.2 Å². The first-order chi connectivity index (χ1) is 14.4. The Morgan fingerprint density at radius 1 is 0.839 bits per heavy atom. The van der Waals surface area contributed by atoms with Crippen LogP contribution >= 0.6 is 0 Å². The zero-order valence-corrected chi connectivity index (χ0v) is 22.6.